The molecular weight excluding hydrogens is 360 g/mol. The number of carbonyl (C=O) groups is 2. The molecule has 0 atom stereocenters. The van der Waals surface area contributed by atoms with Crippen molar-refractivity contribution >= 4 is 35.2 Å². The molecule has 9 nitrogen and oxygen atoms in total. The molecular formula is C19H24N6O3. The van der Waals surface area contributed by atoms with Crippen LogP contribution in [0.2, 0.25) is 0 Å². The molecule has 0 aliphatic heterocycles. The normalized spacial score (nSPS) is 10.8. The summed E-state index contributed by atoms with van der Waals surface area (Å²) in [5, 5.41) is 5.70. The van der Waals surface area contributed by atoms with Crippen molar-refractivity contribution in [2.45, 2.75) is 19.8 Å². The Bertz CT molecular complexity index is 965. The number of carbonyl (C=O) groups excluding carboxylic acids is 2. The number of benzene rings is 1. The molecule has 0 aliphatic carbocycles. The second-order valence-electron chi connectivity index (χ2n) is 6.15. The molecule has 7 N–H and O–H groups in total. The summed E-state index contributed by atoms with van der Waals surface area (Å²) in [5.74, 6) is -0.227. The van der Waals surface area contributed by atoms with Crippen molar-refractivity contribution in [1.82, 2.24) is 15.3 Å². The number of hydrogen-bond donors (Lipinski definition) is 5. The maximum atomic E-state index is 11.9. The Morgan fingerprint density at radius 1 is 1.29 bits per heavy atom. The van der Waals surface area contributed by atoms with Crippen molar-refractivity contribution in [3.8, 4) is 0 Å². The van der Waals surface area contributed by atoms with E-state index < -0.39 is 0 Å². The maximum Gasteiger partial charge on any atom is 0.257 e. The first kappa shape index (κ1) is 20.7. The van der Waals surface area contributed by atoms with Crippen LogP contribution in [0.25, 0.3) is 6.08 Å². The molecule has 1 amide bonds. The van der Waals surface area contributed by atoms with E-state index >= 15 is 0 Å². The van der Waals surface area contributed by atoms with Crippen LogP contribution in [0.3, 0.4) is 0 Å². The minimum absolute atomic E-state index is 0.00769. The van der Waals surface area contributed by atoms with Gasteiger partial charge in [-0.3, -0.25) is 19.4 Å². The first-order valence-electron chi connectivity index (χ1n) is 8.74. The fourth-order valence-electron chi connectivity index (χ4n) is 2.64. The van der Waals surface area contributed by atoms with Gasteiger partial charge in [0, 0.05) is 30.9 Å². The van der Waals surface area contributed by atoms with Gasteiger partial charge in [-0.1, -0.05) is 6.07 Å². The number of nitrogens with two attached hydrogens (primary N) is 2. The molecule has 0 saturated carbocycles. The molecule has 0 aliphatic rings. The lowest BCUT2D eigenvalue weighted by Gasteiger charge is -2.10. The molecule has 2 rings (SSSR count). The number of hydrogen-bond acceptors (Lipinski definition) is 7. The predicted molar refractivity (Wildman–Crippen MR) is 110 cm³/mol. The third-order valence-electron chi connectivity index (χ3n) is 4.09. The van der Waals surface area contributed by atoms with Gasteiger partial charge in [0.15, 0.2) is 5.78 Å². The minimum Gasteiger partial charge on any atom is -0.385 e. The number of anilines is 3. The molecule has 28 heavy (non-hydrogen) atoms. The molecule has 1 aromatic carbocycles. The van der Waals surface area contributed by atoms with Crippen molar-refractivity contribution in [3.63, 3.8) is 0 Å². The van der Waals surface area contributed by atoms with E-state index in [-0.39, 0.29) is 29.0 Å². The second kappa shape index (κ2) is 9.36. The van der Waals surface area contributed by atoms with Crippen LogP contribution >= 0.6 is 0 Å². The van der Waals surface area contributed by atoms with Crippen molar-refractivity contribution in [2.75, 3.05) is 30.4 Å². The Hall–Kier alpha value is -3.62. The molecule has 1 aromatic heterocycles. The zero-order valence-corrected chi connectivity index (χ0v) is 15.8. The van der Waals surface area contributed by atoms with Gasteiger partial charge < -0.3 is 22.1 Å². The monoisotopic (exact) mass is 384 g/mol. The first-order chi connectivity index (χ1) is 13.3. The van der Waals surface area contributed by atoms with Crippen molar-refractivity contribution in [3.05, 3.63) is 51.3 Å². The van der Waals surface area contributed by atoms with Crippen LogP contribution in [0.4, 0.5) is 17.5 Å². The number of aromatic amines is 1. The molecule has 0 saturated heterocycles. The minimum atomic E-state index is -0.337. The highest BCUT2D eigenvalue weighted by atomic mass is 16.1. The average molecular weight is 384 g/mol. The third-order valence-corrected chi connectivity index (χ3v) is 4.09. The lowest BCUT2D eigenvalue weighted by atomic mass is 10.0. The Morgan fingerprint density at radius 2 is 2.04 bits per heavy atom. The van der Waals surface area contributed by atoms with Crippen molar-refractivity contribution < 1.29 is 9.59 Å². The summed E-state index contributed by atoms with van der Waals surface area (Å²) in [6.07, 6.45) is 4.04. The molecule has 0 radical (unpaired) electrons. The van der Waals surface area contributed by atoms with Gasteiger partial charge in [-0.05, 0) is 43.5 Å². The predicted octanol–water partition coefficient (Wildman–Crippen LogP) is 0.941. The standard InChI is InChI=1S/C19H24N6O3/c1-11(26)15-10-13(7-5-12(15)6-8-16(27)22-2)23-9-3-4-14-17(20)24-19(21)25-18(14)28/h5-8,10,23H,3-4,9H2,1-2H3,(H,22,27)(H5,20,21,24,25,28). The topological polar surface area (TPSA) is 156 Å². The zero-order chi connectivity index (χ0) is 20.7. The molecule has 148 valence electrons. The van der Waals surface area contributed by atoms with E-state index in [1.807, 2.05) is 6.07 Å². The number of amides is 1. The summed E-state index contributed by atoms with van der Waals surface area (Å²) in [6, 6.07) is 5.32. The average Bonchev–Trinajstić information content (AvgIpc) is 2.64. The maximum absolute atomic E-state index is 11.9. The summed E-state index contributed by atoms with van der Waals surface area (Å²) in [4.78, 5) is 41.4. The third kappa shape index (κ3) is 5.44. The van der Waals surface area contributed by atoms with E-state index in [1.54, 1.807) is 18.2 Å². The summed E-state index contributed by atoms with van der Waals surface area (Å²) in [6.45, 7) is 2.04. The molecule has 9 heteroatoms. The quantitative estimate of drug-likeness (QED) is 0.257. The van der Waals surface area contributed by atoms with Gasteiger partial charge in [-0.25, -0.2) is 0 Å². The van der Waals surface area contributed by atoms with Gasteiger partial charge in [-0.2, -0.15) is 4.98 Å². The lowest BCUT2D eigenvalue weighted by Crippen LogP contribution is -2.20. The highest BCUT2D eigenvalue weighted by molar-refractivity contribution is 6.00. The van der Waals surface area contributed by atoms with Gasteiger partial charge >= 0.3 is 0 Å². The SMILES string of the molecule is CNC(=O)C=Cc1ccc(NCCCc2c(N)nc(N)[nH]c2=O)cc1C(C)=O. The van der Waals surface area contributed by atoms with Crippen LogP contribution in [-0.4, -0.2) is 35.3 Å². The van der Waals surface area contributed by atoms with E-state index in [0.717, 1.165) is 5.69 Å². The van der Waals surface area contributed by atoms with E-state index in [4.69, 9.17) is 11.5 Å². The molecule has 0 unspecified atom stereocenters. The fraction of sp³-hybridized carbons (Fsp3) is 0.263. The Balaban J connectivity index is 2.02. The van der Waals surface area contributed by atoms with Gasteiger partial charge in [0.1, 0.15) is 5.82 Å². The highest BCUT2D eigenvalue weighted by Crippen LogP contribution is 2.18. The van der Waals surface area contributed by atoms with Crippen LogP contribution in [0.1, 0.15) is 34.8 Å². The first-order valence-corrected chi connectivity index (χ1v) is 8.74. The Kier molecular flexibility index (Phi) is 6.91. The van der Waals surface area contributed by atoms with E-state index in [1.165, 1.54) is 20.0 Å². The van der Waals surface area contributed by atoms with Crippen LogP contribution in [0.15, 0.2) is 29.1 Å². The lowest BCUT2D eigenvalue weighted by molar-refractivity contribution is -0.115. The van der Waals surface area contributed by atoms with Crippen LogP contribution in [0, 0.1) is 0 Å². The van der Waals surface area contributed by atoms with Gasteiger partial charge in [0.2, 0.25) is 11.9 Å². The van der Waals surface area contributed by atoms with Crippen molar-refractivity contribution in [1.29, 1.82) is 0 Å². The molecule has 0 spiro atoms. The summed E-state index contributed by atoms with van der Waals surface area (Å²) in [7, 11) is 1.54. The van der Waals surface area contributed by atoms with Crippen LogP contribution in [0.5, 0.6) is 0 Å². The van der Waals surface area contributed by atoms with Gasteiger partial charge in [-0.15, -0.1) is 0 Å². The Labute approximate surface area is 162 Å². The van der Waals surface area contributed by atoms with Crippen LogP contribution in [-0.2, 0) is 11.2 Å². The number of Topliss-reactive ketones (excluding diaryl/α,β-unsaturated/α-hetero) is 1. The number of nitrogen functional groups attached to an aromatic ring is 2. The second-order valence-corrected chi connectivity index (χ2v) is 6.15. The summed E-state index contributed by atoms with van der Waals surface area (Å²) < 4.78 is 0. The smallest absolute Gasteiger partial charge is 0.257 e. The highest BCUT2D eigenvalue weighted by Gasteiger charge is 2.09. The number of nitrogens with zero attached hydrogens (tertiary/aromatic N) is 1. The largest absolute Gasteiger partial charge is 0.385 e. The fourth-order valence-corrected chi connectivity index (χ4v) is 2.64. The number of likely N-dealkylation sites (N-methyl/N-ethyl adjacent to an activating group) is 1. The number of H-pyrrole nitrogens is 1. The Morgan fingerprint density at radius 3 is 2.68 bits per heavy atom. The zero-order valence-electron chi connectivity index (χ0n) is 15.8. The van der Waals surface area contributed by atoms with Crippen LogP contribution < -0.4 is 27.7 Å². The number of nitrogens with one attached hydrogen (secondary N) is 3. The van der Waals surface area contributed by atoms with Crippen molar-refractivity contribution in [2.24, 2.45) is 0 Å². The molecule has 0 fully saturated rings. The van der Waals surface area contributed by atoms with Gasteiger partial charge in [0.25, 0.3) is 5.56 Å². The number of ketones is 1. The molecule has 0 bridgehead atoms. The number of rotatable bonds is 8. The summed E-state index contributed by atoms with van der Waals surface area (Å²) in [5.41, 5.74) is 13.2. The van der Waals surface area contributed by atoms with E-state index in [9.17, 15) is 14.4 Å². The van der Waals surface area contributed by atoms with Gasteiger partial charge in [0.05, 0.1) is 5.56 Å². The molecule has 1 heterocycles. The summed E-state index contributed by atoms with van der Waals surface area (Å²) >= 11 is 0. The molecule has 2 aromatic rings. The number of aromatic nitrogens is 2. The van der Waals surface area contributed by atoms with E-state index in [0.29, 0.717) is 36.1 Å². The van der Waals surface area contributed by atoms with E-state index in [2.05, 4.69) is 20.6 Å².